The average Bonchev–Trinajstić information content (AvgIpc) is 2.07. The SMILES string of the molecule is FCOc1ccc(I)c(F)c1I. The zero-order valence-electron chi connectivity index (χ0n) is 5.78. The third kappa shape index (κ3) is 2.18. The molecule has 12 heavy (non-hydrogen) atoms. The summed E-state index contributed by atoms with van der Waals surface area (Å²) in [5.41, 5.74) is 0. The van der Waals surface area contributed by atoms with Gasteiger partial charge in [-0.05, 0) is 57.3 Å². The number of ether oxygens (including phenoxy) is 1. The minimum absolute atomic E-state index is 0.246. The number of alkyl halides is 1. The summed E-state index contributed by atoms with van der Waals surface area (Å²) in [6.07, 6.45) is 0. The van der Waals surface area contributed by atoms with Crippen LogP contribution in [-0.2, 0) is 0 Å². The van der Waals surface area contributed by atoms with Crippen molar-refractivity contribution >= 4 is 45.2 Å². The molecule has 0 aliphatic rings. The Labute approximate surface area is 95.8 Å². The topological polar surface area (TPSA) is 9.23 Å². The van der Waals surface area contributed by atoms with Gasteiger partial charge >= 0.3 is 0 Å². The molecule has 0 bridgehead atoms. The first-order valence-electron chi connectivity index (χ1n) is 2.99. The van der Waals surface area contributed by atoms with Crippen molar-refractivity contribution in [2.45, 2.75) is 0 Å². The van der Waals surface area contributed by atoms with E-state index in [9.17, 15) is 8.78 Å². The highest BCUT2D eigenvalue weighted by Crippen LogP contribution is 2.26. The van der Waals surface area contributed by atoms with Crippen LogP contribution < -0.4 is 4.74 Å². The van der Waals surface area contributed by atoms with Gasteiger partial charge in [-0.1, -0.05) is 0 Å². The fraction of sp³-hybridized carbons (Fsp3) is 0.143. The molecule has 0 fully saturated rings. The van der Waals surface area contributed by atoms with Crippen LogP contribution in [0.3, 0.4) is 0 Å². The second kappa shape index (κ2) is 4.54. The molecule has 1 aromatic carbocycles. The molecular weight excluding hydrogens is 392 g/mol. The number of benzene rings is 1. The highest BCUT2D eigenvalue weighted by Gasteiger charge is 2.09. The molecular formula is C7H4F2I2O. The first-order valence-corrected chi connectivity index (χ1v) is 5.15. The summed E-state index contributed by atoms with van der Waals surface area (Å²) in [7, 11) is 0. The zero-order valence-corrected chi connectivity index (χ0v) is 10.1. The molecule has 5 heteroatoms. The number of hydrogen-bond donors (Lipinski definition) is 0. The maximum absolute atomic E-state index is 13.1. The van der Waals surface area contributed by atoms with Gasteiger partial charge in [-0.25, -0.2) is 8.78 Å². The molecule has 0 spiro atoms. The van der Waals surface area contributed by atoms with Gasteiger partial charge in [-0.3, -0.25) is 0 Å². The molecule has 0 amide bonds. The predicted octanol–water partition coefficient (Wildman–Crippen LogP) is 3.34. The van der Waals surface area contributed by atoms with Crippen molar-refractivity contribution in [3.63, 3.8) is 0 Å². The highest BCUT2D eigenvalue weighted by atomic mass is 127. The fourth-order valence-corrected chi connectivity index (χ4v) is 2.27. The van der Waals surface area contributed by atoms with E-state index in [1.54, 1.807) is 34.7 Å². The van der Waals surface area contributed by atoms with Crippen molar-refractivity contribution in [3.8, 4) is 5.75 Å². The van der Waals surface area contributed by atoms with Crippen molar-refractivity contribution < 1.29 is 13.5 Å². The molecule has 0 aliphatic heterocycles. The second-order valence-corrected chi connectivity index (χ2v) is 4.17. The lowest BCUT2D eigenvalue weighted by atomic mass is 10.3. The molecule has 0 aromatic heterocycles. The number of rotatable bonds is 2. The van der Waals surface area contributed by atoms with E-state index in [4.69, 9.17) is 0 Å². The Kier molecular flexibility index (Phi) is 3.94. The first-order chi connectivity index (χ1) is 5.66. The molecule has 0 saturated carbocycles. The summed E-state index contributed by atoms with van der Waals surface area (Å²) in [5.74, 6) is -0.113. The van der Waals surface area contributed by atoms with Crippen molar-refractivity contribution in [2.75, 3.05) is 6.86 Å². The van der Waals surface area contributed by atoms with Gasteiger partial charge in [-0.15, -0.1) is 0 Å². The summed E-state index contributed by atoms with van der Waals surface area (Å²) in [6, 6.07) is 3.09. The van der Waals surface area contributed by atoms with Gasteiger partial charge in [0, 0.05) is 0 Å². The Balaban J connectivity index is 3.08. The van der Waals surface area contributed by atoms with Gasteiger partial charge in [0.25, 0.3) is 0 Å². The molecule has 66 valence electrons. The van der Waals surface area contributed by atoms with E-state index < -0.39 is 6.86 Å². The zero-order chi connectivity index (χ0) is 9.14. The van der Waals surface area contributed by atoms with Crippen LogP contribution in [0.4, 0.5) is 8.78 Å². The third-order valence-electron chi connectivity index (χ3n) is 1.21. The lowest BCUT2D eigenvalue weighted by Gasteiger charge is -2.05. The van der Waals surface area contributed by atoms with Crippen molar-refractivity contribution in [2.24, 2.45) is 0 Å². The van der Waals surface area contributed by atoms with Gasteiger partial charge in [0.15, 0.2) is 5.82 Å². The average molecular weight is 396 g/mol. The Morgan fingerprint density at radius 1 is 1.33 bits per heavy atom. The van der Waals surface area contributed by atoms with Crippen LogP contribution in [0.15, 0.2) is 12.1 Å². The smallest absolute Gasteiger partial charge is 0.228 e. The molecule has 0 N–H and O–H groups in total. The summed E-state index contributed by atoms with van der Waals surface area (Å²) in [4.78, 5) is 0. The summed E-state index contributed by atoms with van der Waals surface area (Å²) in [6.45, 7) is -0.934. The van der Waals surface area contributed by atoms with E-state index in [-0.39, 0.29) is 11.6 Å². The van der Waals surface area contributed by atoms with Gasteiger partial charge in [0.2, 0.25) is 6.86 Å². The molecule has 1 rings (SSSR count). The van der Waals surface area contributed by atoms with Crippen molar-refractivity contribution in [1.82, 2.24) is 0 Å². The Morgan fingerprint density at radius 2 is 2.00 bits per heavy atom. The van der Waals surface area contributed by atoms with E-state index in [0.29, 0.717) is 7.14 Å². The maximum Gasteiger partial charge on any atom is 0.228 e. The summed E-state index contributed by atoms with van der Waals surface area (Å²) in [5, 5.41) is 0. The maximum atomic E-state index is 13.1. The monoisotopic (exact) mass is 396 g/mol. The van der Waals surface area contributed by atoms with Crippen LogP contribution >= 0.6 is 45.2 Å². The lowest BCUT2D eigenvalue weighted by molar-refractivity contribution is 0.189. The first kappa shape index (κ1) is 10.4. The van der Waals surface area contributed by atoms with Crippen molar-refractivity contribution in [3.05, 3.63) is 25.1 Å². The van der Waals surface area contributed by atoms with Crippen LogP contribution in [-0.4, -0.2) is 6.86 Å². The van der Waals surface area contributed by atoms with Crippen LogP contribution in [0.5, 0.6) is 5.75 Å². The lowest BCUT2D eigenvalue weighted by Crippen LogP contribution is -1.96. The Bertz CT molecular complexity index is 291. The Morgan fingerprint density at radius 3 is 2.58 bits per heavy atom. The molecule has 0 saturated heterocycles. The number of hydrogen-bond acceptors (Lipinski definition) is 1. The highest BCUT2D eigenvalue weighted by molar-refractivity contribution is 14.1. The fourth-order valence-electron chi connectivity index (χ4n) is 0.678. The molecule has 0 unspecified atom stereocenters. The van der Waals surface area contributed by atoms with E-state index >= 15 is 0 Å². The summed E-state index contributed by atoms with van der Waals surface area (Å²) >= 11 is 3.65. The predicted molar refractivity (Wildman–Crippen MR) is 58.4 cm³/mol. The van der Waals surface area contributed by atoms with Gasteiger partial charge in [0.05, 0.1) is 7.14 Å². The second-order valence-electron chi connectivity index (χ2n) is 1.93. The van der Waals surface area contributed by atoms with Gasteiger partial charge < -0.3 is 4.74 Å². The van der Waals surface area contributed by atoms with Gasteiger partial charge in [-0.2, -0.15) is 0 Å². The third-order valence-corrected chi connectivity index (χ3v) is 3.05. The number of halogens is 4. The molecule has 0 heterocycles. The van der Waals surface area contributed by atoms with Crippen LogP contribution in [0, 0.1) is 13.0 Å². The quantitative estimate of drug-likeness (QED) is 0.551. The standard InChI is InChI=1S/C7H4F2I2O/c8-3-12-5-2-1-4(10)6(9)7(5)11/h1-2H,3H2. The molecule has 0 radical (unpaired) electrons. The molecule has 0 atom stereocenters. The molecule has 1 aromatic rings. The van der Waals surface area contributed by atoms with E-state index in [1.807, 2.05) is 22.6 Å². The molecule has 0 aliphatic carbocycles. The van der Waals surface area contributed by atoms with Gasteiger partial charge in [0.1, 0.15) is 5.75 Å². The Hall–Kier alpha value is 0.340. The van der Waals surface area contributed by atoms with Crippen molar-refractivity contribution in [1.29, 1.82) is 0 Å². The van der Waals surface area contributed by atoms with Crippen LogP contribution in [0.25, 0.3) is 0 Å². The van der Waals surface area contributed by atoms with E-state index in [2.05, 4.69) is 4.74 Å². The van der Waals surface area contributed by atoms with Crippen LogP contribution in [0.1, 0.15) is 0 Å². The molecule has 1 nitrogen and oxygen atoms in total. The minimum atomic E-state index is -0.934. The largest absolute Gasteiger partial charge is 0.462 e. The summed E-state index contributed by atoms with van der Waals surface area (Å²) < 4.78 is 30.2. The normalized spacial score (nSPS) is 10.0. The van der Waals surface area contributed by atoms with E-state index in [0.717, 1.165) is 0 Å². The minimum Gasteiger partial charge on any atom is -0.462 e. The van der Waals surface area contributed by atoms with E-state index in [1.165, 1.54) is 0 Å². The van der Waals surface area contributed by atoms with Crippen LogP contribution in [0.2, 0.25) is 0 Å².